The van der Waals surface area contributed by atoms with Gasteiger partial charge in [-0.2, -0.15) is 0 Å². The molecule has 0 saturated heterocycles. The number of aryl methyl sites for hydroxylation is 2. The van der Waals surface area contributed by atoms with Gasteiger partial charge < -0.3 is 5.32 Å². The zero-order valence-corrected chi connectivity index (χ0v) is 16.7. The number of carbonyl (C=O) groups is 1. The maximum Gasteiger partial charge on any atom is 0.284 e. The van der Waals surface area contributed by atoms with Crippen LogP contribution in [0.2, 0.25) is 0 Å². The minimum atomic E-state index is -0.453. The standard InChI is InChI=1S/C22H20N2O3S/c1-14-7-10-18(11-8-14)28-21-12-9-17(13-20(21)24(26)27)22(25)23-19-6-4-5-15(2)16(19)3/h4-13H,1-3H3,(H,23,25). The third-order valence-corrected chi connectivity index (χ3v) is 5.59. The van der Waals surface area contributed by atoms with Crippen molar-refractivity contribution in [3.8, 4) is 0 Å². The normalized spacial score (nSPS) is 10.5. The molecule has 0 aliphatic carbocycles. The molecule has 0 aliphatic rings. The molecule has 0 bridgehead atoms. The van der Waals surface area contributed by atoms with E-state index < -0.39 is 4.92 Å². The van der Waals surface area contributed by atoms with Crippen molar-refractivity contribution in [3.05, 3.63) is 93.0 Å². The minimum absolute atomic E-state index is 0.0841. The molecular weight excluding hydrogens is 372 g/mol. The van der Waals surface area contributed by atoms with E-state index in [1.165, 1.54) is 17.8 Å². The Hall–Kier alpha value is -3.12. The van der Waals surface area contributed by atoms with E-state index in [9.17, 15) is 14.9 Å². The van der Waals surface area contributed by atoms with Crippen LogP contribution in [-0.2, 0) is 0 Å². The number of anilines is 1. The first-order valence-corrected chi connectivity index (χ1v) is 9.57. The van der Waals surface area contributed by atoms with Crippen molar-refractivity contribution in [2.45, 2.75) is 30.6 Å². The third kappa shape index (κ3) is 4.40. The van der Waals surface area contributed by atoms with Crippen molar-refractivity contribution in [1.82, 2.24) is 0 Å². The molecule has 3 aromatic rings. The van der Waals surface area contributed by atoms with Crippen LogP contribution in [-0.4, -0.2) is 10.8 Å². The molecule has 0 heterocycles. The highest BCUT2D eigenvalue weighted by Crippen LogP contribution is 2.35. The highest BCUT2D eigenvalue weighted by molar-refractivity contribution is 7.99. The second-order valence-electron chi connectivity index (χ2n) is 6.56. The van der Waals surface area contributed by atoms with Crippen molar-refractivity contribution in [3.63, 3.8) is 0 Å². The number of hydrogen-bond acceptors (Lipinski definition) is 4. The molecule has 142 valence electrons. The van der Waals surface area contributed by atoms with Gasteiger partial charge in [0.15, 0.2) is 0 Å². The molecule has 6 heteroatoms. The fraction of sp³-hybridized carbons (Fsp3) is 0.136. The lowest BCUT2D eigenvalue weighted by molar-refractivity contribution is -0.387. The lowest BCUT2D eigenvalue weighted by Gasteiger charge is -2.11. The van der Waals surface area contributed by atoms with Crippen LogP contribution in [0.4, 0.5) is 11.4 Å². The lowest BCUT2D eigenvalue weighted by atomic mass is 10.1. The first-order valence-electron chi connectivity index (χ1n) is 8.75. The summed E-state index contributed by atoms with van der Waals surface area (Å²) in [4.78, 5) is 25.1. The zero-order valence-electron chi connectivity index (χ0n) is 15.9. The van der Waals surface area contributed by atoms with E-state index in [2.05, 4.69) is 5.32 Å². The van der Waals surface area contributed by atoms with Crippen molar-refractivity contribution in [1.29, 1.82) is 0 Å². The number of benzene rings is 3. The maximum absolute atomic E-state index is 12.6. The van der Waals surface area contributed by atoms with E-state index in [1.54, 1.807) is 12.1 Å². The molecule has 0 saturated carbocycles. The van der Waals surface area contributed by atoms with Crippen LogP contribution in [0.25, 0.3) is 0 Å². The Kier molecular flexibility index (Phi) is 5.80. The molecule has 3 rings (SSSR count). The largest absolute Gasteiger partial charge is 0.322 e. The van der Waals surface area contributed by atoms with Gasteiger partial charge in [-0.3, -0.25) is 14.9 Å². The Labute approximate surface area is 167 Å². The topological polar surface area (TPSA) is 72.2 Å². The average Bonchev–Trinajstić information content (AvgIpc) is 2.67. The molecule has 0 spiro atoms. The first kappa shape index (κ1) is 19.6. The molecular formula is C22H20N2O3S. The number of amides is 1. The lowest BCUT2D eigenvalue weighted by Crippen LogP contribution is -2.13. The number of nitrogens with one attached hydrogen (secondary N) is 1. The number of nitrogens with zero attached hydrogens (tertiary/aromatic N) is 1. The minimum Gasteiger partial charge on any atom is -0.322 e. The quantitative estimate of drug-likeness (QED) is 0.432. The van der Waals surface area contributed by atoms with Crippen molar-refractivity contribution < 1.29 is 9.72 Å². The van der Waals surface area contributed by atoms with E-state index in [4.69, 9.17) is 0 Å². The monoisotopic (exact) mass is 392 g/mol. The van der Waals surface area contributed by atoms with Gasteiger partial charge >= 0.3 is 0 Å². The molecule has 3 aromatic carbocycles. The van der Waals surface area contributed by atoms with Gasteiger partial charge in [-0.15, -0.1) is 0 Å². The molecule has 28 heavy (non-hydrogen) atoms. The Balaban J connectivity index is 1.87. The van der Waals surface area contributed by atoms with E-state index >= 15 is 0 Å². The number of hydrogen-bond donors (Lipinski definition) is 1. The van der Waals surface area contributed by atoms with Crippen LogP contribution in [0.15, 0.2) is 70.5 Å². The molecule has 0 aromatic heterocycles. The van der Waals surface area contributed by atoms with Gasteiger partial charge in [-0.05, 0) is 62.2 Å². The van der Waals surface area contributed by atoms with Crippen LogP contribution in [0.1, 0.15) is 27.0 Å². The van der Waals surface area contributed by atoms with Gasteiger partial charge in [0.2, 0.25) is 0 Å². The van der Waals surface area contributed by atoms with Crippen molar-refractivity contribution in [2.24, 2.45) is 0 Å². The molecule has 5 nitrogen and oxygen atoms in total. The number of nitro benzene ring substituents is 1. The summed E-state index contributed by atoms with van der Waals surface area (Å²) in [7, 11) is 0. The summed E-state index contributed by atoms with van der Waals surface area (Å²) in [5.41, 5.74) is 4.02. The molecule has 0 atom stereocenters. The summed E-state index contributed by atoms with van der Waals surface area (Å²) in [5.74, 6) is -0.372. The van der Waals surface area contributed by atoms with E-state index in [1.807, 2.05) is 63.2 Å². The molecule has 1 N–H and O–H groups in total. The summed E-state index contributed by atoms with van der Waals surface area (Å²) >= 11 is 1.31. The van der Waals surface area contributed by atoms with Crippen LogP contribution >= 0.6 is 11.8 Å². The molecule has 0 unspecified atom stereocenters. The third-order valence-electron chi connectivity index (χ3n) is 4.52. The Morgan fingerprint density at radius 1 is 1.00 bits per heavy atom. The molecule has 1 amide bonds. The SMILES string of the molecule is Cc1ccc(Sc2ccc(C(=O)Nc3cccc(C)c3C)cc2[N+](=O)[O-])cc1. The van der Waals surface area contributed by atoms with Crippen LogP contribution in [0.5, 0.6) is 0 Å². The Morgan fingerprint density at radius 2 is 1.71 bits per heavy atom. The van der Waals surface area contributed by atoms with Gasteiger partial charge in [0.1, 0.15) is 0 Å². The van der Waals surface area contributed by atoms with Crippen LogP contribution < -0.4 is 5.32 Å². The summed E-state index contributed by atoms with van der Waals surface area (Å²) < 4.78 is 0. The van der Waals surface area contributed by atoms with Gasteiger partial charge in [-0.1, -0.05) is 41.6 Å². The highest BCUT2D eigenvalue weighted by Gasteiger charge is 2.19. The highest BCUT2D eigenvalue weighted by atomic mass is 32.2. The fourth-order valence-electron chi connectivity index (χ4n) is 2.70. The number of carbonyl (C=O) groups excluding carboxylic acids is 1. The van der Waals surface area contributed by atoms with Crippen LogP contribution in [0, 0.1) is 30.9 Å². The summed E-state index contributed by atoms with van der Waals surface area (Å²) in [6, 6.07) is 18.0. The maximum atomic E-state index is 12.6. The fourth-order valence-corrected chi connectivity index (χ4v) is 3.60. The number of rotatable bonds is 5. The average molecular weight is 392 g/mol. The van der Waals surface area contributed by atoms with Gasteiger partial charge in [-0.25, -0.2) is 0 Å². The predicted octanol–water partition coefficient (Wildman–Crippen LogP) is 5.92. The smallest absolute Gasteiger partial charge is 0.284 e. The Morgan fingerprint density at radius 3 is 2.39 bits per heavy atom. The van der Waals surface area contributed by atoms with Gasteiger partial charge in [0, 0.05) is 22.2 Å². The van der Waals surface area contributed by atoms with E-state index in [0.29, 0.717) is 10.6 Å². The second kappa shape index (κ2) is 8.27. The second-order valence-corrected chi connectivity index (χ2v) is 7.67. The molecule has 0 fully saturated rings. The summed E-state index contributed by atoms with van der Waals surface area (Å²) in [5, 5.41) is 14.4. The summed E-state index contributed by atoms with van der Waals surface area (Å²) in [6.07, 6.45) is 0. The summed E-state index contributed by atoms with van der Waals surface area (Å²) in [6.45, 7) is 5.88. The zero-order chi connectivity index (χ0) is 20.3. The van der Waals surface area contributed by atoms with Crippen molar-refractivity contribution >= 4 is 29.0 Å². The first-order chi connectivity index (χ1) is 13.3. The number of nitro groups is 1. The molecule has 0 radical (unpaired) electrons. The van der Waals surface area contributed by atoms with E-state index in [-0.39, 0.29) is 17.2 Å². The molecule has 0 aliphatic heterocycles. The van der Waals surface area contributed by atoms with Crippen LogP contribution in [0.3, 0.4) is 0 Å². The predicted molar refractivity (Wildman–Crippen MR) is 112 cm³/mol. The van der Waals surface area contributed by atoms with Gasteiger partial charge in [0.25, 0.3) is 11.6 Å². The van der Waals surface area contributed by atoms with Gasteiger partial charge in [0.05, 0.1) is 9.82 Å². The van der Waals surface area contributed by atoms with E-state index in [0.717, 1.165) is 21.6 Å². The van der Waals surface area contributed by atoms with Crippen molar-refractivity contribution in [2.75, 3.05) is 5.32 Å². The Bertz CT molecular complexity index is 1050.